The molecule has 0 radical (unpaired) electrons. The Bertz CT molecular complexity index is 183. The van der Waals surface area contributed by atoms with Gasteiger partial charge in [-0.2, -0.15) is 0 Å². The molecular weight excluding hydrogens is 191 g/mol. The molecule has 5 heteroatoms. The highest BCUT2D eigenvalue weighted by molar-refractivity contribution is 7.48. The molecule has 1 unspecified atom stereocenters. The number of hydrogen-bond acceptors (Lipinski definition) is 4. The van der Waals surface area contributed by atoms with E-state index in [1.807, 2.05) is 0 Å². The van der Waals surface area contributed by atoms with Crippen molar-refractivity contribution in [1.82, 2.24) is 0 Å². The van der Waals surface area contributed by atoms with Crippen LogP contribution in [-0.4, -0.2) is 19.3 Å². The van der Waals surface area contributed by atoms with Gasteiger partial charge in [0.15, 0.2) is 0 Å². The van der Waals surface area contributed by atoms with Gasteiger partial charge in [-0.1, -0.05) is 6.08 Å². The van der Waals surface area contributed by atoms with Gasteiger partial charge in [-0.25, -0.2) is 4.57 Å². The van der Waals surface area contributed by atoms with Crippen molar-refractivity contribution >= 4 is 7.82 Å². The van der Waals surface area contributed by atoms with Crippen LogP contribution in [-0.2, 0) is 18.1 Å². The summed E-state index contributed by atoms with van der Waals surface area (Å²) in [6.45, 7) is 9.27. The minimum Gasteiger partial charge on any atom is -0.287 e. The molecular formula is C8H17O4P. The predicted octanol–water partition coefficient (Wildman–Crippen LogP) is 2.76. The van der Waals surface area contributed by atoms with Crippen LogP contribution >= 0.6 is 7.82 Å². The molecule has 0 spiro atoms. The molecule has 0 saturated carbocycles. The number of rotatable bonds is 7. The minimum absolute atomic E-state index is 0.293. The van der Waals surface area contributed by atoms with Crippen molar-refractivity contribution in [3.8, 4) is 0 Å². The largest absolute Gasteiger partial charge is 0.475 e. The zero-order valence-corrected chi connectivity index (χ0v) is 9.25. The summed E-state index contributed by atoms with van der Waals surface area (Å²) in [5.41, 5.74) is 0. The van der Waals surface area contributed by atoms with Crippen LogP contribution in [0.4, 0.5) is 0 Å². The molecule has 0 aromatic carbocycles. The molecule has 0 aliphatic carbocycles. The molecule has 0 N–H and O–H groups in total. The molecule has 0 saturated heterocycles. The van der Waals surface area contributed by atoms with Crippen LogP contribution in [0.5, 0.6) is 0 Å². The van der Waals surface area contributed by atoms with Crippen molar-refractivity contribution < 1.29 is 18.1 Å². The average Bonchev–Trinajstić information content (AvgIpc) is 2.04. The molecule has 1 atom stereocenters. The lowest BCUT2D eigenvalue weighted by atomic mass is 10.4. The van der Waals surface area contributed by atoms with E-state index in [9.17, 15) is 4.57 Å². The molecule has 78 valence electrons. The topological polar surface area (TPSA) is 44.8 Å². The third-order valence-electron chi connectivity index (χ3n) is 1.20. The third kappa shape index (κ3) is 5.21. The van der Waals surface area contributed by atoms with Crippen molar-refractivity contribution in [1.29, 1.82) is 0 Å². The minimum atomic E-state index is -3.36. The summed E-state index contributed by atoms with van der Waals surface area (Å²) in [5, 5.41) is 0. The monoisotopic (exact) mass is 208 g/mol. The molecule has 0 rings (SSSR count). The van der Waals surface area contributed by atoms with Gasteiger partial charge >= 0.3 is 7.82 Å². The van der Waals surface area contributed by atoms with E-state index in [2.05, 4.69) is 6.58 Å². The molecule has 0 amide bonds. The molecule has 0 aliphatic heterocycles. The maximum Gasteiger partial charge on any atom is 0.475 e. The molecule has 4 nitrogen and oxygen atoms in total. The second-order valence-electron chi connectivity index (χ2n) is 2.33. The van der Waals surface area contributed by atoms with Gasteiger partial charge < -0.3 is 0 Å². The van der Waals surface area contributed by atoms with Crippen LogP contribution in [0.1, 0.15) is 20.8 Å². The van der Waals surface area contributed by atoms with Gasteiger partial charge in [0.05, 0.1) is 19.3 Å². The van der Waals surface area contributed by atoms with E-state index < -0.39 is 7.82 Å². The lowest BCUT2D eigenvalue weighted by molar-refractivity contribution is 0.107. The summed E-state index contributed by atoms with van der Waals surface area (Å²) < 4.78 is 26.5. The Morgan fingerprint density at radius 2 is 1.85 bits per heavy atom. The molecule has 0 heterocycles. The first kappa shape index (κ1) is 12.8. The van der Waals surface area contributed by atoms with Crippen molar-refractivity contribution in [3.63, 3.8) is 0 Å². The Morgan fingerprint density at radius 1 is 1.38 bits per heavy atom. The van der Waals surface area contributed by atoms with Gasteiger partial charge in [0.2, 0.25) is 0 Å². The van der Waals surface area contributed by atoms with E-state index in [1.54, 1.807) is 20.8 Å². The first-order chi connectivity index (χ1) is 6.08. The molecule has 13 heavy (non-hydrogen) atoms. The Hall–Kier alpha value is -0.150. The quantitative estimate of drug-likeness (QED) is 0.476. The van der Waals surface area contributed by atoms with Crippen molar-refractivity contribution in [2.45, 2.75) is 26.9 Å². The zero-order valence-electron chi connectivity index (χ0n) is 8.36. The van der Waals surface area contributed by atoms with Gasteiger partial charge in [0.25, 0.3) is 0 Å². The number of phosphoric ester groups is 1. The van der Waals surface area contributed by atoms with E-state index in [0.29, 0.717) is 13.2 Å². The van der Waals surface area contributed by atoms with Crippen LogP contribution < -0.4 is 0 Å². The zero-order chi connectivity index (χ0) is 10.3. The normalized spacial score (nSPS) is 14.1. The van der Waals surface area contributed by atoms with Gasteiger partial charge in [-0.05, 0) is 20.8 Å². The summed E-state index contributed by atoms with van der Waals surface area (Å²) in [4.78, 5) is 0. The van der Waals surface area contributed by atoms with Gasteiger partial charge in [0, 0.05) is 0 Å². The lowest BCUT2D eigenvalue weighted by Crippen LogP contribution is -2.06. The van der Waals surface area contributed by atoms with Crippen molar-refractivity contribution in [2.75, 3.05) is 13.2 Å². The highest BCUT2D eigenvalue weighted by Crippen LogP contribution is 2.50. The Morgan fingerprint density at radius 3 is 2.15 bits per heavy atom. The van der Waals surface area contributed by atoms with Gasteiger partial charge in [-0.3, -0.25) is 13.6 Å². The second-order valence-corrected chi connectivity index (χ2v) is 3.95. The number of hydrogen-bond donors (Lipinski definition) is 0. The second kappa shape index (κ2) is 6.33. The Balaban J connectivity index is 4.22. The van der Waals surface area contributed by atoms with E-state index in [1.165, 1.54) is 6.08 Å². The summed E-state index contributed by atoms with van der Waals surface area (Å²) >= 11 is 0. The van der Waals surface area contributed by atoms with Crippen LogP contribution in [0, 0.1) is 0 Å². The van der Waals surface area contributed by atoms with Crippen LogP contribution in [0.2, 0.25) is 0 Å². The van der Waals surface area contributed by atoms with Crippen molar-refractivity contribution in [3.05, 3.63) is 12.7 Å². The molecule has 0 bridgehead atoms. The van der Waals surface area contributed by atoms with Crippen LogP contribution in [0.15, 0.2) is 12.7 Å². The van der Waals surface area contributed by atoms with E-state index >= 15 is 0 Å². The fourth-order valence-corrected chi connectivity index (χ4v) is 1.98. The van der Waals surface area contributed by atoms with Gasteiger partial charge in [0.1, 0.15) is 0 Å². The van der Waals surface area contributed by atoms with E-state index in [-0.39, 0.29) is 6.10 Å². The SMILES string of the molecule is C=CC(C)OP(=O)(OCC)OCC. The third-order valence-corrected chi connectivity index (χ3v) is 2.94. The van der Waals surface area contributed by atoms with Crippen LogP contribution in [0.3, 0.4) is 0 Å². The van der Waals surface area contributed by atoms with E-state index in [4.69, 9.17) is 13.6 Å². The molecule has 0 aromatic heterocycles. The summed E-state index contributed by atoms with van der Waals surface area (Å²) in [5.74, 6) is 0. The summed E-state index contributed by atoms with van der Waals surface area (Å²) in [6, 6.07) is 0. The maximum atomic E-state index is 11.7. The predicted molar refractivity (Wildman–Crippen MR) is 51.6 cm³/mol. The summed E-state index contributed by atoms with van der Waals surface area (Å²) in [7, 11) is -3.36. The van der Waals surface area contributed by atoms with Gasteiger partial charge in [-0.15, -0.1) is 6.58 Å². The number of phosphoric acid groups is 1. The maximum absolute atomic E-state index is 11.7. The molecule has 0 aromatic rings. The first-order valence-electron chi connectivity index (χ1n) is 4.28. The lowest BCUT2D eigenvalue weighted by Gasteiger charge is -2.18. The van der Waals surface area contributed by atoms with Crippen LogP contribution in [0.25, 0.3) is 0 Å². The molecule has 0 fully saturated rings. The standard InChI is InChI=1S/C8H17O4P/c1-5-8(4)12-13(9,10-6-2)11-7-3/h5,8H,1,6-7H2,2-4H3. The smallest absolute Gasteiger partial charge is 0.287 e. The van der Waals surface area contributed by atoms with E-state index in [0.717, 1.165) is 0 Å². The van der Waals surface area contributed by atoms with Crippen molar-refractivity contribution in [2.24, 2.45) is 0 Å². The fraction of sp³-hybridized carbons (Fsp3) is 0.750. The Labute approximate surface area is 79.5 Å². The first-order valence-corrected chi connectivity index (χ1v) is 5.74. The molecule has 0 aliphatic rings. The fourth-order valence-electron chi connectivity index (χ4n) is 0.661. The average molecular weight is 208 g/mol. The highest BCUT2D eigenvalue weighted by atomic mass is 31.2. The highest BCUT2D eigenvalue weighted by Gasteiger charge is 2.26. The Kier molecular flexibility index (Phi) is 6.25. The summed E-state index contributed by atoms with van der Waals surface area (Å²) in [6.07, 6.45) is 1.19.